The SMILES string of the molecule is [2H][C@]1(n2c(C)nc3cc(F)cc(NC(C)C)c3c2=O)CCC(=O)CC1=O. The second kappa shape index (κ2) is 6.38. The van der Waals surface area contributed by atoms with Crippen LogP contribution >= 0.6 is 0 Å². The molecule has 6 nitrogen and oxygen atoms in total. The number of nitrogens with zero attached hydrogens (tertiary/aromatic N) is 2. The van der Waals surface area contributed by atoms with Gasteiger partial charge in [0.25, 0.3) is 5.56 Å². The first-order chi connectivity index (χ1) is 12.1. The third-order valence-corrected chi connectivity index (χ3v) is 4.14. The molecule has 1 aliphatic carbocycles. The van der Waals surface area contributed by atoms with Crippen molar-refractivity contribution in [1.82, 2.24) is 9.55 Å². The van der Waals surface area contributed by atoms with E-state index in [2.05, 4.69) is 10.3 Å². The van der Waals surface area contributed by atoms with E-state index in [-0.39, 0.29) is 53.5 Å². The van der Waals surface area contributed by atoms with Crippen LogP contribution in [0.5, 0.6) is 0 Å². The number of anilines is 1. The molecule has 0 amide bonds. The van der Waals surface area contributed by atoms with E-state index in [0.29, 0.717) is 0 Å². The number of Topliss-reactive ketones (excluding diaryl/α,β-unsaturated/α-hetero) is 2. The Morgan fingerprint density at radius 1 is 1.36 bits per heavy atom. The van der Waals surface area contributed by atoms with Crippen LogP contribution in [-0.4, -0.2) is 27.2 Å². The molecule has 0 spiro atoms. The predicted octanol–water partition coefficient (Wildman–Crippen LogP) is 2.53. The van der Waals surface area contributed by atoms with Crippen LogP contribution in [-0.2, 0) is 9.59 Å². The first-order valence-electron chi connectivity index (χ1n) is 8.68. The summed E-state index contributed by atoms with van der Waals surface area (Å²) in [5.74, 6) is -1.26. The first kappa shape index (κ1) is 15.9. The van der Waals surface area contributed by atoms with Gasteiger partial charge in [0, 0.05) is 18.5 Å². The second-order valence-corrected chi connectivity index (χ2v) is 6.53. The number of ketones is 2. The van der Waals surface area contributed by atoms with Crippen molar-refractivity contribution < 1.29 is 15.4 Å². The molecule has 1 aromatic heterocycles. The van der Waals surface area contributed by atoms with Gasteiger partial charge in [-0.1, -0.05) is 0 Å². The van der Waals surface area contributed by atoms with Crippen molar-refractivity contribution >= 4 is 28.2 Å². The maximum Gasteiger partial charge on any atom is 0.264 e. The van der Waals surface area contributed by atoms with Crippen LogP contribution in [0.15, 0.2) is 16.9 Å². The fourth-order valence-corrected chi connectivity index (χ4v) is 3.13. The van der Waals surface area contributed by atoms with Crippen molar-refractivity contribution in [3.63, 3.8) is 0 Å². The number of hydrogen-bond acceptors (Lipinski definition) is 5. The number of aromatic nitrogens is 2. The molecule has 0 bridgehead atoms. The number of carbonyl (C=O) groups excluding carboxylic acids is 2. The number of carbonyl (C=O) groups is 2. The fraction of sp³-hybridized carbons (Fsp3) is 0.444. The molecule has 1 aromatic carbocycles. The molecule has 0 aliphatic heterocycles. The van der Waals surface area contributed by atoms with Gasteiger partial charge in [0.1, 0.15) is 17.4 Å². The summed E-state index contributed by atoms with van der Waals surface area (Å²) in [6, 6.07) is 0.420. The average molecular weight is 346 g/mol. The molecule has 25 heavy (non-hydrogen) atoms. The van der Waals surface area contributed by atoms with Gasteiger partial charge in [-0.15, -0.1) is 0 Å². The Labute approximate surface area is 145 Å². The van der Waals surface area contributed by atoms with Gasteiger partial charge < -0.3 is 5.32 Å². The minimum atomic E-state index is -1.88. The van der Waals surface area contributed by atoms with Gasteiger partial charge in [-0.2, -0.15) is 0 Å². The number of rotatable bonds is 3. The molecule has 132 valence electrons. The Bertz CT molecular complexity index is 986. The molecule has 7 heteroatoms. The molecular formula is C18H20FN3O3. The first-order valence-corrected chi connectivity index (χ1v) is 8.18. The zero-order chi connectivity index (χ0) is 19.2. The highest BCUT2D eigenvalue weighted by Gasteiger charge is 2.31. The van der Waals surface area contributed by atoms with E-state index < -0.39 is 23.2 Å². The number of halogens is 1. The number of fused-ring (bicyclic) bond motifs is 1. The van der Waals surface area contributed by atoms with Gasteiger partial charge >= 0.3 is 0 Å². The molecule has 0 unspecified atom stereocenters. The highest BCUT2D eigenvalue weighted by molar-refractivity contribution is 6.03. The third-order valence-electron chi connectivity index (χ3n) is 4.14. The quantitative estimate of drug-likeness (QED) is 0.864. The van der Waals surface area contributed by atoms with Crippen molar-refractivity contribution in [3.05, 3.63) is 34.1 Å². The molecule has 1 N–H and O–H groups in total. The number of hydrogen-bond donors (Lipinski definition) is 1. The number of aryl methyl sites for hydroxylation is 1. The summed E-state index contributed by atoms with van der Waals surface area (Å²) >= 11 is 0. The van der Waals surface area contributed by atoms with Crippen LogP contribution in [0, 0.1) is 12.7 Å². The van der Waals surface area contributed by atoms with Crippen LogP contribution in [0.3, 0.4) is 0 Å². The van der Waals surface area contributed by atoms with Gasteiger partial charge in [-0.3, -0.25) is 19.0 Å². The van der Waals surface area contributed by atoms with Gasteiger partial charge in [0.15, 0.2) is 5.78 Å². The van der Waals surface area contributed by atoms with E-state index >= 15 is 0 Å². The highest BCUT2D eigenvalue weighted by atomic mass is 19.1. The Morgan fingerprint density at radius 2 is 2.08 bits per heavy atom. The molecule has 2 aromatic rings. The van der Waals surface area contributed by atoms with Crippen LogP contribution in [0.2, 0.25) is 0 Å². The standard InChI is InChI=1S/C18H20FN3O3/c1-9(2)20-13-6-11(19)7-14-17(13)18(25)22(10(3)21-14)15-5-4-12(23)8-16(15)24/h6-7,9,15,20H,4-5,8H2,1-3H3/t15-/m0/s1/i15D. The molecule has 1 aliphatic rings. The van der Waals surface area contributed by atoms with Crippen molar-refractivity contribution in [2.24, 2.45) is 0 Å². The summed E-state index contributed by atoms with van der Waals surface area (Å²) in [6.45, 7) is 5.19. The minimum absolute atomic E-state index is 0.0552. The van der Waals surface area contributed by atoms with E-state index in [1.54, 1.807) is 0 Å². The maximum absolute atomic E-state index is 13.9. The summed E-state index contributed by atoms with van der Waals surface area (Å²) in [5, 5.41) is 3.14. The predicted molar refractivity (Wildman–Crippen MR) is 92.4 cm³/mol. The van der Waals surface area contributed by atoms with Crippen LogP contribution in [0.4, 0.5) is 10.1 Å². The third kappa shape index (κ3) is 3.18. The Balaban J connectivity index is 2.31. The molecular weight excluding hydrogens is 325 g/mol. The number of benzene rings is 1. The smallest absolute Gasteiger partial charge is 0.264 e. The Hall–Kier alpha value is -2.57. The summed E-state index contributed by atoms with van der Waals surface area (Å²) in [5.41, 5.74) is -0.160. The highest BCUT2D eigenvalue weighted by Crippen LogP contribution is 2.26. The largest absolute Gasteiger partial charge is 0.382 e. The molecule has 1 fully saturated rings. The lowest BCUT2D eigenvalue weighted by molar-refractivity contribution is -0.132. The summed E-state index contributed by atoms with van der Waals surface area (Å²) < 4.78 is 23.6. The van der Waals surface area contributed by atoms with Crippen LogP contribution < -0.4 is 10.9 Å². The molecule has 1 heterocycles. The number of nitrogens with one attached hydrogen (secondary N) is 1. The van der Waals surface area contributed by atoms with Crippen molar-refractivity contribution in [2.45, 2.75) is 52.1 Å². The van der Waals surface area contributed by atoms with Crippen LogP contribution in [0.25, 0.3) is 10.9 Å². The zero-order valence-corrected chi connectivity index (χ0v) is 14.4. The van der Waals surface area contributed by atoms with Gasteiger partial charge in [0.2, 0.25) is 0 Å². The Morgan fingerprint density at radius 3 is 2.72 bits per heavy atom. The lowest BCUT2D eigenvalue weighted by atomic mass is 9.92. The zero-order valence-electron chi connectivity index (χ0n) is 15.4. The molecule has 1 atom stereocenters. The monoisotopic (exact) mass is 346 g/mol. The molecule has 0 saturated heterocycles. The average Bonchev–Trinajstić information content (AvgIpc) is 2.50. The van der Waals surface area contributed by atoms with Crippen molar-refractivity contribution in [1.29, 1.82) is 0 Å². The fourth-order valence-electron chi connectivity index (χ4n) is 3.13. The van der Waals surface area contributed by atoms with E-state index in [1.165, 1.54) is 13.0 Å². The molecule has 3 rings (SSSR count). The maximum atomic E-state index is 13.9. The summed E-state index contributed by atoms with van der Waals surface area (Å²) in [6.07, 6.45) is -0.389. The lowest BCUT2D eigenvalue weighted by Crippen LogP contribution is -2.36. The van der Waals surface area contributed by atoms with Gasteiger partial charge in [0.05, 0.1) is 30.4 Å². The van der Waals surface area contributed by atoms with E-state index in [4.69, 9.17) is 1.37 Å². The van der Waals surface area contributed by atoms with E-state index in [0.717, 1.165) is 10.6 Å². The van der Waals surface area contributed by atoms with Crippen molar-refractivity contribution in [2.75, 3.05) is 5.32 Å². The van der Waals surface area contributed by atoms with Crippen LogP contribution in [0.1, 0.15) is 46.3 Å². The summed E-state index contributed by atoms with van der Waals surface area (Å²) in [7, 11) is 0. The van der Waals surface area contributed by atoms with Gasteiger partial charge in [-0.05, 0) is 33.3 Å². The van der Waals surface area contributed by atoms with E-state index in [1.807, 2.05) is 13.8 Å². The normalized spacial score (nSPS) is 21.7. The summed E-state index contributed by atoms with van der Waals surface area (Å²) in [4.78, 5) is 41.4. The molecule has 0 radical (unpaired) electrons. The van der Waals surface area contributed by atoms with Crippen molar-refractivity contribution in [3.8, 4) is 0 Å². The van der Waals surface area contributed by atoms with Gasteiger partial charge in [-0.25, -0.2) is 9.37 Å². The second-order valence-electron chi connectivity index (χ2n) is 6.53. The minimum Gasteiger partial charge on any atom is -0.382 e. The van der Waals surface area contributed by atoms with E-state index in [9.17, 15) is 18.8 Å². The molecule has 1 saturated carbocycles. The lowest BCUT2D eigenvalue weighted by Gasteiger charge is -2.24. The topological polar surface area (TPSA) is 81.1 Å². The Kier molecular flexibility index (Phi) is 4.07.